The molecule has 0 aliphatic heterocycles. The molecule has 2 rings (SSSR count). The van der Waals surface area contributed by atoms with E-state index in [0.717, 1.165) is 18.5 Å². The molecule has 4 heteroatoms. The molecule has 0 spiro atoms. The van der Waals surface area contributed by atoms with E-state index in [1.165, 1.54) is 30.4 Å². The van der Waals surface area contributed by atoms with Crippen molar-refractivity contribution in [2.45, 2.75) is 77.7 Å². The largest absolute Gasteiger partial charge is 0.395 e. The Morgan fingerprint density at radius 1 is 1.12 bits per heavy atom. The van der Waals surface area contributed by atoms with Crippen LogP contribution in [-0.4, -0.2) is 35.2 Å². The summed E-state index contributed by atoms with van der Waals surface area (Å²) in [6, 6.07) is 6.45. The number of benzene rings is 1. The Kier molecular flexibility index (Phi) is 7.30. The standard InChI is InChI=1S/C21H34N2O2/c1-15(2)18-11-8-12-19(16(3)4)20(18)22-21(25)23(13-14-24)17-9-6-5-7-10-17/h8,11-12,15-17,24H,5-7,9-10,13-14H2,1-4H3,(H,22,25). The lowest BCUT2D eigenvalue weighted by molar-refractivity contribution is 0.144. The van der Waals surface area contributed by atoms with Gasteiger partial charge in [0.15, 0.2) is 0 Å². The summed E-state index contributed by atoms with van der Waals surface area (Å²) in [5, 5.41) is 12.6. The van der Waals surface area contributed by atoms with E-state index in [0.29, 0.717) is 18.4 Å². The van der Waals surface area contributed by atoms with Gasteiger partial charge in [0, 0.05) is 18.3 Å². The van der Waals surface area contributed by atoms with Crippen molar-refractivity contribution in [3.8, 4) is 0 Å². The maximum atomic E-state index is 13.1. The van der Waals surface area contributed by atoms with Crippen LogP contribution in [0.2, 0.25) is 0 Å². The van der Waals surface area contributed by atoms with Crippen molar-refractivity contribution in [1.29, 1.82) is 0 Å². The number of amides is 2. The Hall–Kier alpha value is -1.55. The molecule has 0 saturated heterocycles. The second kappa shape index (κ2) is 9.23. The first-order valence-electron chi connectivity index (χ1n) is 9.77. The van der Waals surface area contributed by atoms with E-state index in [1.807, 2.05) is 4.90 Å². The van der Waals surface area contributed by atoms with Crippen molar-refractivity contribution in [2.24, 2.45) is 0 Å². The number of carbonyl (C=O) groups is 1. The summed E-state index contributed by atoms with van der Waals surface area (Å²) in [7, 11) is 0. The van der Waals surface area contributed by atoms with Gasteiger partial charge in [-0.1, -0.05) is 65.2 Å². The molecular formula is C21H34N2O2. The smallest absolute Gasteiger partial charge is 0.322 e. The molecule has 1 aromatic rings. The minimum Gasteiger partial charge on any atom is -0.395 e. The van der Waals surface area contributed by atoms with Gasteiger partial charge in [-0.05, 0) is 35.8 Å². The number of nitrogens with zero attached hydrogens (tertiary/aromatic N) is 1. The third-order valence-electron chi connectivity index (χ3n) is 5.22. The fourth-order valence-corrected chi connectivity index (χ4v) is 3.82. The third kappa shape index (κ3) is 4.97. The van der Waals surface area contributed by atoms with Crippen LogP contribution in [0.5, 0.6) is 0 Å². The molecule has 0 atom stereocenters. The number of nitrogens with one attached hydrogen (secondary N) is 1. The molecule has 0 radical (unpaired) electrons. The molecule has 1 aliphatic rings. The zero-order valence-electron chi connectivity index (χ0n) is 16.2. The van der Waals surface area contributed by atoms with Crippen LogP contribution in [0.3, 0.4) is 0 Å². The van der Waals surface area contributed by atoms with Crippen LogP contribution in [0.1, 0.15) is 82.8 Å². The Morgan fingerprint density at radius 3 is 2.16 bits per heavy atom. The van der Waals surface area contributed by atoms with Crippen LogP contribution in [0.4, 0.5) is 10.5 Å². The number of para-hydroxylation sites is 1. The minimum atomic E-state index is -0.0732. The summed E-state index contributed by atoms with van der Waals surface area (Å²) < 4.78 is 0. The number of carbonyl (C=O) groups excluding carboxylic acids is 1. The number of hydrogen-bond acceptors (Lipinski definition) is 2. The van der Waals surface area contributed by atoms with Gasteiger partial charge in [-0.25, -0.2) is 4.79 Å². The number of aliphatic hydroxyl groups excluding tert-OH is 1. The Balaban J connectivity index is 2.27. The SMILES string of the molecule is CC(C)c1cccc(C(C)C)c1NC(=O)N(CCO)C1CCCCC1. The zero-order chi connectivity index (χ0) is 18.4. The molecule has 1 fully saturated rings. The number of anilines is 1. The first-order valence-corrected chi connectivity index (χ1v) is 9.77. The highest BCUT2D eigenvalue weighted by molar-refractivity contribution is 5.91. The van der Waals surface area contributed by atoms with E-state index in [-0.39, 0.29) is 18.7 Å². The van der Waals surface area contributed by atoms with Gasteiger partial charge in [-0.2, -0.15) is 0 Å². The zero-order valence-corrected chi connectivity index (χ0v) is 16.2. The van der Waals surface area contributed by atoms with Gasteiger partial charge in [0.25, 0.3) is 0 Å². The molecule has 0 heterocycles. The maximum absolute atomic E-state index is 13.1. The van der Waals surface area contributed by atoms with Gasteiger partial charge < -0.3 is 15.3 Å². The number of hydrogen-bond donors (Lipinski definition) is 2. The second-order valence-corrected chi connectivity index (χ2v) is 7.76. The first-order chi connectivity index (χ1) is 12.0. The van der Waals surface area contributed by atoms with Gasteiger partial charge in [0.05, 0.1) is 6.61 Å². The molecule has 25 heavy (non-hydrogen) atoms. The molecule has 0 aromatic heterocycles. The lowest BCUT2D eigenvalue weighted by Crippen LogP contribution is -2.45. The second-order valence-electron chi connectivity index (χ2n) is 7.76. The highest BCUT2D eigenvalue weighted by atomic mass is 16.3. The first kappa shape index (κ1) is 19.8. The van der Waals surface area contributed by atoms with Crippen LogP contribution < -0.4 is 5.32 Å². The topological polar surface area (TPSA) is 52.6 Å². The average Bonchev–Trinajstić information content (AvgIpc) is 2.60. The third-order valence-corrected chi connectivity index (χ3v) is 5.22. The fourth-order valence-electron chi connectivity index (χ4n) is 3.82. The van der Waals surface area contributed by atoms with Crippen molar-refractivity contribution in [1.82, 2.24) is 4.90 Å². The number of rotatable bonds is 6. The fraction of sp³-hybridized carbons (Fsp3) is 0.667. The van der Waals surface area contributed by atoms with Gasteiger partial charge in [0.1, 0.15) is 0 Å². The predicted octanol–water partition coefficient (Wildman–Crippen LogP) is 5.09. The average molecular weight is 347 g/mol. The molecule has 0 unspecified atom stereocenters. The van der Waals surface area contributed by atoms with E-state index < -0.39 is 0 Å². The maximum Gasteiger partial charge on any atom is 0.322 e. The van der Waals surface area contributed by atoms with Gasteiger partial charge in [0.2, 0.25) is 0 Å². The highest BCUT2D eigenvalue weighted by Crippen LogP contribution is 2.33. The van der Waals surface area contributed by atoms with Gasteiger partial charge in [-0.3, -0.25) is 0 Å². The minimum absolute atomic E-state index is 0.00673. The summed E-state index contributed by atoms with van der Waals surface area (Å²) in [4.78, 5) is 14.9. The Labute approximate surface area is 152 Å². The molecule has 140 valence electrons. The van der Waals surface area contributed by atoms with Gasteiger partial charge >= 0.3 is 6.03 Å². The van der Waals surface area contributed by atoms with Crippen LogP contribution in [-0.2, 0) is 0 Å². The van der Waals surface area contributed by atoms with Crippen molar-refractivity contribution in [3.05, 3.63) is 29.3 Å². The van der Waals surface area contributed by atoms with Crippen LogP contribution in [0, 0.1) is 0 Å². The molecule has 2 amide bonds. The predicted molar refractivity (Wildman–Crippen MR) is 104 cm³/mol. The quantitative estimate of drug-likeness (QED) is 0.753. The number of urea groups is 1. The van der Waals surface area contributed by atoms with Crippen molar-refractivity contribution in [3.63, 3.8) is 0 Å². The molecular weight excluding hydrogens is 312 g/mol. The molecule has 1 aliphatic carbocycles. The van der Waals surface area contributed by atoms with Crippen LogP contribution in [0.15, 0.2) is 18.2 Å². The Bertz CT molecular complexity index is 537. The summed E-state index contributed by atoms with van der Waals surface area (Å²) in [6.45, 7) is 9.02. The van der Waals surface area contributed by atoms with Crippen molar-refractivity contribution < 1.29 is 9.90 Å². The van der Waals surface area contributed by atoms with E-state index in [1.54, 1.807) is 0 Å². The van der Waals surface area contributed by atoms with Crippen LogP contribution in [0.25, 0.3) is 0 Å². The van der Waals surface area contributed by atoms with Crippen molar-refractivity contribution in [2.75, 3.05) is 18.5 Å². The lowest BCUT2D eigenvalue weighted by Gasteiger charge is -2.34. The summed E-state index contributed by atoms with van der Waals surface area (Å²) >= 11 is 0. The highest BCUT2D eigenvalue weighted by Gasteiger charge is 2.26. The summed E-state index contributed by atoms with van der Waals surface area (Å²) in [5.74, 6) is 0.685. The normalized spacial score (nSPS) is 15.6. The van der Waals surface area contributed by atoms with Crippen molar-refractivity contribution >= 4 is 11.7 Å². The number of aliphatic hydroxyl groups is 1. The molecule has 2 N–H and O–H groups in total. The van der Waals surface area contributed by atoms with Crippen LogP contribution >= 0.6 is 0 Å². The molecule has 1 aromatic carbocycles. The van der Waals surface area contributed by atoms with Gasteiger partial charge in [-0.15, -0.1) is 0 Å². The molecule has 1 saturated carbocycles. The lowest BCUT2D eigenvalue weighted by atomic mass is 9.92. The summed E-state index contributed by atoms with van der Waals surface area (Å²) in [5.41, 5.74) is 3.30. The van der Waals surface area contributed by atoms with E-state index in [2.05, 4.69) is 51.2 Å². The molecule has 4 nitrogen and oxygen atoms in total. The summed E-state index contributed by atoms with van der Waals surface area (Å²) in [6.07, 6.45) is 5.66. The van der Waals surface area contributed by atoms with E-state index in [4.69, 9.17) is 0 Å². The van der Waals surface area contributed by atoms with E-state index in [9.17, 15) is 9.90 Å². The Morgan fingerprint density at radius 2 is 1.68 bits per heavy atom. The van der Waals surface area contributed by atoms with E-state index >= 15 is 0 Å². The monoisotopic (exact) mass is 346 g/mol. The molecule has 0 bridgehead atoms.